The van der Waals surface area contributed by atoms with Crippen molar-refractivity contribution in [3.8, 4) is 0 Å². The molecule has 12 heteroatoms. The lowest BCUT2D eigenvalue weighted by molar-refractivity contribution is -0.199. The number of carbonyl (C=O) groups excluding carboxylic acids is 1. The number of aliphatic hydroxyl groups is 1. The molecule has 4 aliphatic rings. The molecule has 42 heavy (non-hydrogen) atoms. The van der Waals surface area contributed by atoms with Gasteiger partial charge in [-0.2, -0.15) is 18.2 Å². The highest BCUT2D eigenvalue weighted by atomic mass is 19.4. The third-order valence-electron chi connectivity index (χ3n) is 8.37. The average molecular weight is 592 g/mol. The predicted molar refractivity (Wildman–Crippen MR) is 140 cm³/mol. The number of aliphatic hydroxyl groups excluding tert-OH is 1. The summed E-state index contributed by atoms with van der Waals surface area (Å²) >= 11 is 0. The fraction of sp³-hybridized carbons (Fsp3) is 0.433. The lowest BCUT2D eigenvalue weighted by atomic mass is 9.92. The Hall–Kier alpha value is -3.48. The first kappa shape index (κ1) is 28.6. The Balaban J connectivity index is 1.61. The van der Waals surface area contributed by atoms with Gasteiger partial charge in [-0.05, 0) is 78.3 Å². The van der Waals surface area contributed by atoms with Crippen molar-refractivity contribution in [2.45, 2.75) is 50.2 Å². The SMILES string of the molecule is COCCCC1N(CC(F)(F)F)C(=O)C2=C(O)C3COC3C=CN2N1C1c2ccc(F)cc2CCc2cc(F)ccc21. The van der Waals surface area contributed by atoms with Gasteiger partial charge in [-0.15, -0.1) is 0 Å². The van der Waals surface area contributed by atoms with E-state index in [1.54, 1.807) is 29.4 Å². The third kappa shape index (κ3) is 5.05. The number of halogens is 5. The van der Waals surface area contributed by atoms with Gasteiger partial charge in [-0.25, -0.2) is 8.78 Å². The van der Waals surface area contributed by atoms with Gasteiger partial charge in [-0.3, -0.25) is 9.80 Å². The first-order chi connectivity index (χ1) is 20.1. The molecule has 0 spiro atoms. The molecule has 7 nitrogen and oxygen atoms in total. The Kier molecular flexibility index (Phi) is 7.48. The normalized spacial score (nSPS) is 24.4. The second-order valence-corrected chi connectivity index (χ2v) is 11.0. The highest BCUT2D eigenvalue weighted by Gasteiger charge is 2.52. The fourth-order valence-corrected chi connectivity index (χ4v) is 6.42. The number of rotatable bonds is 6. The number of alkyl halides is 3. The largest absolute Gasteiger partial charge is 0.509 e. The van der Waals surface area contributed by atoms with E-state index in [9.17, 15) is 31.9 Å². The summed E-state index contributed by atoms with van der Waals surface area (Å²) in [5, 5.41) is 14.4. The highest BCUT2D eigenvalue weighted by Crippen LogP contribution is 2.46. The summed E-state index contributed by atoms with van der Waals surface area (Å²) in [6.45, 7) is -1.22. The van der Waals surface area contributed by atoms with Crippen molar-refractivity contribution in [3.63, 3.8) is 0 Å². The van der Waals surface area contributed by atoms with Gasteiger partial charge in [0.15, 0.2) is 5.70 Å². The molecule has 3 heterocycles. The van der Waals surface area contributed by atoms with Crippen molar-refractivity contribution in [3.05, 3.63) is 94.0 Å². The molecule has 2 aromatic carbocycles. The van der Waals surface area contributed by atoms with Gasteiger partial charge < -0.3 is 19.5 Å². The van der Waals surface area contributed by atoms with Gasteiger partial charge in [0, 0.05) is 19.9 Å². The summed E-state index contributed by atoms with van der Waals surface area (Å²) < 4.78 is 82.0. The molecule has 6 rings (SSSR count). The van der Waals surface area contributed by atoms with E-state index in [1.807, 2.05) is 0 Å². The number of ether oxygens (including phenoxy) is 2. The summed E-state index contributed by atoms with van der Waals surface area (Å²) in [6, 6.07) is 7.64. The molecule has 1 amide bonds. The molecule has 3 aliphatic heterocycles. The smallest absolute Gasteiger partial charge is 0.406 e. The Morgan fingerprint density at radius 2 is 1.69 bits per heavy atom. The summed E-state index contributed by atoms with van der Waals surface area (Å²) in [6.07, 6.45) is -2.12. The van der Waals surface area contributed by atoms with Crippen LogP contribution in [-0.2, 0) is 27.1 Å². The summed E-state index contributed by atoms with van der Waals surface area (Å²) in [7, 11) is 1.48. The topological polar surface area (TPSA) is 65.5 Å². The maximum Gasteiger partial charge on any atom is 0.406 e. The molecule has 3 atom stereocenters. The van der Waals surface area contributed by atoms with Crippen molar-refractivity contribution >= 4 is 5.91 Å². The number of fused-ring (bicyclic) bond motifs is 4. The number of carbonyl (C=O) groups is 1. The second-order valence-electron chi connectivity index (χ2n) is 11.0. The lowest BCUT2D eigenvalue weighted by Gasteiger charge is -2.53. The van der Waals surface area contributed by atoms with Gasteiger partial charge in [0.1, 0.15) is 30.1 Å². The Labute approximate surface area is 239 Å². The third-order valence-corrected chi connectivity index (χ3v) is 8.37. The van der Waals surface area contributed by atoms with Crippen molar-refractivity contribution in [1.82, 2.24) is 14.9 Å². The quantitative estimate of drug-likeness (QED) is 0.371. The number of amides is 1. The number of methoxy groups -OCH3 is 1. The van der Waals surface area contributed by atoms with Crippen LogP contribution in [-0.4, -0.2) is 71.2 Å². The second kappa shape index (κ2) is 11.0. The van der Waals surface area contributed by atoms with Crippen LogP contribution in [0.3, 0.4) is 0 Å². The summed E-state index contributed by atoms with van der Waals surface area (Å²) in [4.78, 5) is 14.7. The van der Waals surface area contributed by atoms with Gasteiger partial charge in [-0.1, -0.05) is 12.1 Å². The van der Waals surface area contributed by atoms with Crippen LogP contribution in [0.4, 0.5) is 22.0 Å². The minimum absolute atomic E-state index is 0.0843. The van der Waals surface area contributed by atoms with E-state index in [1.165, 1.54) is 36.4 Å². The molecule has 0 aromatic heterocycles. The van der Waals surface area contributed by atoms with Gasteiger partial charge in [0.2, 0.25) is 0 Å². The Morgan fingerprint density at radius 1 is 1.05 bits per heavy atom. The van der Waals surface area contributed by atoms with Crippen molar-refractivity contribution in [2.24, 2.45) is 5.92 Å². The molecule has 3 unspecified atom stereocenters. The Morgan fingerprint density at radius 3 is 2.24 bits per heavy atom. The van der Waals surface area contributed by atoms with Gasteiger partial charge in [0.05, 0.1) is 24.7 Å². The first-order valence-electron chi connectivity index (χ1n) is 13.8. The first-order valence-corrected chi connectivity index (χ1v) is 13.8. The minimum Gasteiger partial charge on any atom is -0.509 e. The van der Waals surface area contributed by atoms with E-state index in [-0.39, 0.29) is 31.1 Å². The predicted octanol–water partition coefficient (Wildman–Crippen LogP) is 5.14. The van der Waals surface area contributed by atoms with Crippen LogP contribution in [0.1, 0.15) is 41.1 Å². The van der Waals surface area contributed by atoms with E-state index >= 15 is 0 Å². The van der Waals surface area contributed by atoms with E-state index in [4.69, 9.17) is 9.47 Å². The van der Waals surface area contributed by atoms with Crippen LogP contribution >= 0.6 is 0 Å². The van der Waals surface area contributed by atoms with Gasteiger partial charge >= 0.3 is 6.18 Å². The highest BCUT2D eigenvalue weighted by molar-refractivity contribution is 5.94. The standard InChI is InChI=1S/C30H30F5N3O4/c1-41-12-2-3-25-36(16-30(33,34)35)29(40)27-28(39)23-15-42-24(23)10-11-37(27)38(25)26-21-8-6-19(31)13-17(21)4-5-18-14-20(32)7-9-22(18)26/h6-11,13-14,23-26,39H,2-5,12,15-16H2,1H3. The molecule has 1 N–H and O–H groups in total. The van der Waals surface area contributed by atoms with E-state index in [2.05, 4.69) is 0 Å². The monoisotopic (exact) mass is 591 g/mol. The van der Waals surface area contributed by atoms with Crippen LogP contribution in [0.25, 0.3) is 0 Å². The zero-order valence-corrected chi connectivity index (χ0v) is 22.8. The zero-order valence-electron chi connectivity index (χ0n) is 22.8. The molecule has 2 saturated heterocycles. The minimum atomic E-state index is -4.74. The average Bonchev–Trinajstić information content (AvgIpc) is 3.11. The van der Waals surface area contributed by atoms with E-state index in [0.29, 0.717) is 41.5 Å². The molecule has 0 radical (unpaired) electrons. The maximum absolute atomic E-state index is 14.5. The number of hydrogen-bond acceptors (Lipinski definition) is 6. The van der Waals surface area contributed by atoms with Crippen LogP contribution in [0.2, 0.25) is 0 Å². The number of aryl methyl sites for hydroxylation is 2. The maximum atomic E-state index is 14.5. The Bertz CT molecular complexity index is 1390. The molecule has 0 saturated carbocycles. The number of hydrazine groups is 1. The van der Waals surface area contributed by atoms with Crippen molar-refractivity contribution in [1.29, 1.82) is 0 Å². The zero-order chi connectivity index (χ0) is 29.8. The molecule has 0 bridgehead atoms. The van der Waals surface area contributed by atoms with Crippen LogP contribution < -0.4 is 0 Å². The van der Waals surface area contributed by atoms with Crippen molar-refractivity contribution in [2.75, 3.05) is 26.9 Å². The van der Waals surface area contributed by atoms with Gasteiger partial charge in [0.25, 0.3) is 5.91 Å². The van der Waals surface area contributed by atoms with Crippen LogP contribution in [0.15, 0.2) is 60.1 Å². The molecule has 2 aromatic rings. The molecule has 224 valence electrons. The number of benzene rings is 2. The molecule has 2 fully saturated rings. The van der Waals surface area contributed by atoms with E-state index < -0.39 is 54.5 Å². The van der Waals surface area contributed by atoms with E-state index in [0.717, 1.165) is 4.90 Å². The molecule has 1 aliphatic carbocycles. The molecular formula is C30H30F5N3O4. The number of nitrogens with zero attached hydrogens (tertiary/aromatic N) is 3. The summed E-state index contributed by atoms with van der Waals surface area (Å²) in [5.74, 6) is -2.87. The fourth-order valence-electron chi connectivity index (χ4n) is 6.42. The summed E-state index contributed by atoms with van der Waals surface area (Å²) in [5.41, 5.74) is 2.14. The van der Waals surface area contributed by atoms with Crippen LogP contribution in [0, 0.1) is 17.6 Å². The lowest BCUT2D eigenvalue weighted by Crippen LogP contribution is -2.65. The van der Waals surface area contributed by atoms with Crippen molar-refractivity contribution < 1.29 is 41.3 Å². The van der Waals surface area contributed by atoms with Crippen LogP contribution in [0.5, 0.6) is 0 Å². The number of hydrogen-bond donors (Lipinski definition) is 1. The molecular weight excluding hydrogens is 561 g/mol.